The molecule has 6 rings (SSSR count). The molecule has 2 saturated carbocycles. The molecule has 0 atom stereocenters. The third kappa shape index (κ3) is 4.98. The molecule has 3 heterocycles. The summed E-state index contributed by atoms with van der Waals surface area (Å²) >= 11 is 0. The molecule has 0 radical (unpaired) electrons. The van der Waals surface area contributed by atoms with Crippen molar-refractivity contribution >= 4 is 17.0 Å². The van der Waals surface area contributed by atoms with E-state index >= 15 is 0 Å². The molecule has 1 aromatic carbocycles. The summed E-state index contributed by atoms with van der Waals surface area (Å²) in [6.45, 7) is 5.69. The van der Waals surface area contributed by atoms with Gasteiger partial charge in [-0.2, -0.15) is 4.98 Å². The molecule has 0 spiro atoms. The smallest absolute Gasteiger partial charge is 0.224 e. The molecule has 0 amide bonds. The second-order valence-corrected chi connectivity index (χ2v) is 10.4. The Kier molecular flexibility index (Phi) is 6.51. The predicted molar refractivity (Wildman–Crippen MR) is 137 cm³/mol. The van der Waals surface area contributed by atoms with Crippen LogP contribution in [0, 0.1) is 5.92 Å². The van der Waals surface area contributed by atoms with Crippen LogP contribution < -0.4 is 5.32 Å². The minimum absolute atomic E-state index is 0.541. The molecule has 1 aliphatic heterocycles. The molecule has 1 N–H and O–H groups in total. The fourth-order valence-corrected chi connectivity index (χ4v) is 5.58. The number of fused-ring (bicyclic) bond motifs is 1. The zero-order chi connectivity index (χ0) is 22.7. The molecular weight excluding hydrogens is 422 g/mol. The summed E-state index contributed by atoms with van der Waals surface area (Å²) in [6.07, 6.45) is 14.9. The lowest BCUT2D eigenvalue weighted by atomic mass is 9.95. The van der Waals surface area contributed by atoms with Gasteiger partial charge in [-0.05, 0) is 36.3 Å². The van der Waals surface area contributed by atoms with Crippen molar-refractivity contribution in [1.82, 2.24) is 19.4 Å². The van der Waals surface area contributed by atoms with E-state index in [1.165, 1.54) is 73.4 Å². The van der Waals surface area contributed by atoms with E-state index in [0.717, 1.165) is 56.9 Å². The number of nitrogens with zero attached hydrogens (tertiary/aromatic N) is 4. The van der Waals surface area contributed by atoms with E-state index in [9.17, 15) is 0 Å². The molecule has 34 heavy (non-hydrogen) atoms. The average molecular weight is 460 g/mol. The molecule has 3 aromatic rings. The highest BCUT2D eigenvalue weighted by Gasteiger charge is 2.22. The fourth-order valence-electron chi connectivity index (χ4n) is 5.58. The Morgan fingerprint density at radius 2 is 1.76 bits per heavy atom. The third-order valence-corrected chi connectivity index (χ3v) is 7.85. The van der Waals surface area contributed by atoms with Crippen LogP contribution in [0.4, 0.5) is 5.95 Å². The first-order valence-corrected chi connectivity index (χ1v) is 13.3. The molecule has 6 nitrogen and oxygen atoms in total. The number of hydrogen-bond donors (Lipinski definition) is 1. The van der Waals surface area contributed by atoms with Gasteiger partial charge in [-0.25, -0.2) is 4.98 Å². The zero-order valence-corrected chi connectivity index (χ0v) is 20.2. The molecule has 0 bridgehead atoms. The molecule has 0 unspecified atom stereocenters. The van der Waals surface area contributed by atoms with Crippen molar-refractivity contribution in [2.45, 2.75) is 64.0 Å². The van der Waals surface area contributed by atoms with Gasteiger partial charge in [-0.3, -0.25) is 4.90 Å². The summed E-state index contributed by atoms with van der Waals surface area (Å²) in [4.78, 5) is 12.2. The zero-order valence-electron chi connectivity index (χ0n) is 20.2. The van der Waals surface area contributed by atoms with Crippen molar-refractivity contribution < 1.29 is 4.74 Å². The van der Waals surface area contributed by atoms with Crippen molar-refractivity contribution in [3.8, 4) is 11.1 Å². The lowest BCUT2D eigenvalue weighted by Crippen LogP contribution is -2.35. The summed E-state index contributed by atoms with van der Waals surface area (Å²) in [7, 11) is 0. The molecular formula is C28H37N5O. The Morgan fingerprint density at radius 1 is 0.971 bits per heavy atom. The third-order valence-electron chi connectivity index (χ3n) is 7.85. The van der Waals surface area contributed by atoms with Gasteiger partial charge in [0, 0.05) is 55.6 Å². The maximum Gasteiger partial charge on any atom is 0.224 e. The predicted octanol–water partition coefficient (Wildman–Crippen LogP) is 5.65. The first-order chi connectivity index (χ1) is 16.8. The molecule has 3 aliphatic rings. The highest BCUT2D eigenvalue weighted by molar-refractivity contribution is 5.94. The van der Waals surface area contributed by atoms with Crippen LogP contribution >= 0.6 is 0 Å². The van der Waals surface area contributed by atoms with Crippen LogP contribution in [0.2, 0.25) is 0 Å². The lowest BCUT2D eigenvalue weighted by molar-refractivity contribution is 0.0342. The minimum Gasteiger partial charge on any atom is -0.379 e. The Balaban J connectivity index is 1.27. The summed E-state index contributed by atoms with van der Waals surface area (Å²) in [5.41, 5.74) is 4.95. The monoisotopic (exact) mass is 459 g/mol. The molecule has 6 heteroatoms. The van der Waals surface area contributed by atoms with E-state index < -0.39 is 0 Å². The van der Waals surface area contributed by atoms with E-state index in [-0.39, 0.29) is 0 Å². The van der Waals surface area contributed by atoms with Gasteiger partial charge in [-0.15, -0.1) is 0 Å². The van der Waals surface area contributed by atoms with Crippen LogP contribution in [0.5, 0.6) is 0 Å². The number of ether oxygens (including phenoxy) is 1. The summed E-state index contributed by atoms with van der Waals surface area (Å²) < 4.78 is 7.95. The minimum atomic E-state index is 0.541. The quantitative estimate of drug-likeness (QED) is 0.472. The first-order valence-electron chi connectivity index (χ1n) is 13.3. The molecule has 3 fully saturated rings. The molecule has 1 saturated heterocycles. The number of benzene rings is 1. The second kappa shape index (κ2) is 10.0. The van der Waals surface area contributed by atoms with Gasteiger partial charge in [0.15, 0.2) is 0 Å². The Labute approximate surface area is 202 Å². The summed E-state index contributed by atoms with van der Waals surface area (Å²) in [6, 6.07) is 9.65. The van der Waals surface area contributed by atoms with Gasteiger partial charge in [-0.1, -0.05) is 56.4 Å². The van der Waals surface area contributed by atoms with Crippen LogP contribution in [0.3, 0.4) is 0 Å². The molecule has 2 aliphatic carbocycles. The van der Waals surface area contributed by atoms with Crippen LogP contribution in [0.15, 0.2) is 36.7 Å². The number of anilines is 1. The van der Waals surface area contributed by atoms with Gasteiger partial charge in [0.2, 0.25) is 5.95 Å². The van der Waals surface area contributed by atoms with Crippen LogP contribution in [0.1, 0.15) is 63.0 Å². The summed E-state index contributed by atoms with van der Waals surface area (Å²) in [5.74, 6) is 1.69. The maximum absolute atomic E-state index is 5.49. The Bertz CT molecular complexity index is 1090. The van der Waals surface area contributed by atoms with Gasteiger partial charge >= 0.3 is 0 Å². The van der Waals surface area contributed by atoms with Crippen LogP contribution in [0.25, 0.3) is 22.2 Å². The highest BCUT2D eigenvalue weighted by atomic mass is 16.5. The number of hydrogen-bond acceptors (Lipinski definition) is 5. The second-order valence-electron chi connectivity index (χ2n) is 10.4. The SMILES string of the molecule is c1cc(-c2cn(C3CCCCC3)c3nc(NCCC4CC4)ncc23)ccc1CN1CCOCC1. The van der Waals surface area contributed by atoms with Gasteiger partial charge in [0.25, 0.3) is 0 Å². The van der Waals surface area contributed by atoms with Crippen molar-refractivity contribution in [2.24, 2.45) is 5.92 Å². The fraction of sp³-hybridized carbons (Fsp3) is 0.571. The number of aromatic nitrogens is 3. The van der Waals surface area contributed by atoms with Crippen molar-refractivity contribution in [1.29, 1.82) is 0 Å². The maximum atomic E-state index is 5.49. The highest BCUT2D eigenvalue weighted by Crippen LogP contribution is 2.37. The van der Waals surface area contributed by atoms with Crippen molar-refractivity contribution in [3.63, 3.8) is 0 Å². The number of rotatable bonds is 8. The first kappa shape index (κ1) is 22.1. The van der Waals surface area contributed by atoms with E-state index in [2.05, 4.69) is 45.2 Å². The van der Waals surface area contributed by atoms with E-state index in [1.807, 2.05) is 6.20 Å². The van der Waals surface area contributed by atoms with E-state index in [4.69, 9.17) is 14.7 Å². The molecule has 180 valence electrons. The number of morpholine rings is 1. The van der Waals surface area contributed by atoms with E-state index in [0.29, 0.717) is 6.04 Å². The van der Waals surface area contributed by atoms with Crippen molar-refractivity contribution in [3.05, 3.63) is 42.2 Å². The van der Waals surface area contributed by atoms with E-state index in [1.54, 1.807) is 0 Å². The van der Waals surface area contributed by atoms with Gasteiger partial charge < -0.3 is 14.6 Å². The van der Waals surface area contributed by atoms with Crippen LogP contribution in [-0.4, -0.2) is 52.3 Å². The number of nitrogens with one attached hydrogen (secondary N) is 1. The van der Waals surface area contributed by atoms with Crippen molar-refractivity contribution in [2.75, 3.05) is 38.2 Å². The van der Waals surface area contributed by atoms with Crippen LogP contribution in [-0.2, 0) is 11.3 Å². The normalized spacial score (nSPS) is 20.1. The standard InChI is InChI=1S/C28H37N5O/c1-2-4-24(5-3-1)33-20-26(23-10-8-22(9-11-23)19-32-14-16-34-17-15-32)25-18-30-28(31-27(25)33)29-13-12-21-6-7-21/h8-11,18,20-21,24H,1-7,12-17,19H2,(H,29,30,31). The molecule has 2 aromatic heterocycles. The Hall–Kier alpha value is -2.44. The largest absolute Gasteiger partial charge is 0.379 e. The average Bonchev–Trinajstić information content (AvgIpc) is 3.64. The van der Waals surface area contributed by atoms with Gasteiger partial charge in [0.1, 0.15) is 5.65 Å². The lowest BCUT2D eigenvalue weighted by Gasteiger charge is -2.26. The summed E-state index contributed by atoms with van der Waals surface area (Å²) in [5, 5.41) is 4.65. The van der Waals surface area contributed by atoms with Gasteiger partial charge in [0.05, 0.1) is 13.2 Å². The topological polar surface area (TPSA) is 55.2 Å². The Morgan fingerprint density at radius 3 is 2.53 bits per heavy atom.